The summed E-state index contributed by atoms with van der Waals surface area (Å²) in [6, 6.07) is 8.61. The maximum atomic E-state index is 12.9. The van der Waals surface area contributed by atoms with Crippen LogP contribution in [-0.4, -0.2) is 44.4 Å². The summed E-state index contributed by atoms with van der Waals surface area (Å²) in [4.78, 5) is 17.2. The van der Waals surface area contributed by atoms with Crippen LogP contribution in [0, 0.1) is 6.92 Å². The molecule has 32 heavy (non-hydrogen) atoms. The van der Waals surface area contributed by atoms with Crippen molar-refractivity contribution in [3.63, 3.8) is 0 Å². The quantitative estimate of drug-likeness (QED) is 0.591. The van der Waals surface area contributed by atoms with Gasteiger partial charge in [-0.25, -0.2) is 4.68 Å². The molecule has 1 saturated heterocycles. The molecule has 2 N–H and O–H groups in total. The van der Waals surface area contributed by atoms with E-state index in [1.807, 2.05) is 23.7 Å². The Labute approximate surface area is 188 Å². The molecular formula is C24H33N6O2+. The molecule has 5 rings (SSSR count). The number of aryl methyl sites for hydroxylation is 1. The second kappa shape index (κ2) is 9.50. The lowest BCUT2D eigenvalue weighted by atomic mass is 9.95. The molecule has 0 bridgehead atoms. The van der Waals surface area contributed by atoms with Crippen LogP contribution in [0.2, 0.25) is 0 Å². The monoisotopic (exact) mass is 437 g/mol. The van der Waals surface area contributed by atoms with Crippen molar-refractivity contribution in [1.82, 2.24) is 25.2 Å². The maximum absolute atomic E-state index is 12.9. The third-order valence-electron chi connectivity index (χ3n) is 6.95. The smallest absolute Gasteiger partial charge is 0.257 e. The van der Waals surface area contributed by atoms with Crippen LogP contribution >= 0.6 is 0 Å². The van der Waals surface area contributed by atoms with Crippen LogP contribution in [0.1, 0.15) is 67.9 Å². The molecule has 8 heteroatoms. The molecule has 3 heterocycles. The molecule has 0 radical (unpaired) electrons. The standard InChI is InChI=1S/C24H32N6O2/c1-17-9-10-18-13-19(24(31)25-22(18)12-17)14-29(15-21-8-5-11-32-21)16-23-26-27-28-30(23)20-6-3-2-4-7-20/h9-10,12-13,20-21H,2-8,11,14-16H2,1H3,(H,25,31)/p+1/t21-/m1/s1. The normalized spacial score (nSPS) is 20.7. The molecule has 1 aliphatic heterocycles. The number of hydrogen-bond donors (Lipinski definition) is 2. The molecule has 8 nitrogen and oxygen atoms in total. The molecule has 1 aliphatic carbocycles. The summed E-state index contributed by atoms with van der Waals surface area (Å²) in [5.74, 6) is 0.915. The van der Waals surface area contributed by atoms with Gasteiger partial charge < -0.3 is 14.6 Å². The van der Waals surface area contributed by atoms with Crippen LogP contribution in [0.25, 0.3) is 10.9 Å². The number of nitrogens with zero attached hydrogens (tertiary/aromatic N) is 4. The van der Waals surface area contributed by atoms with Gasteiger partial charge in [-0.3, -0.25) is 4.79 Å². The molecule has 0 amide bonds. The predicted molar refractivity (Wildman–Crippen MR) is 121 cm³/mol. The lowest BCUT2D eigenvalue weighted by Crippen LogP contribution is -3.10. The number of pyridine rings is 1. The highest BCUT2D eigenvalue weighted by Gasteiger charge is 2.27. The summed E-state index contributed by atoms with van der Waals surface area (Å²) in [5, 5.41) is 13.8. The fourth-order valence-corrected chi connectivity index (χ4v) is 5.26. The number of nitrogens with one attached hydrogen (secondary N) is 2. The number of H-pyrrole nitrogens is 1. The second-order valence-electron chi connectivity index (χ2n) is 9.49. The highest BCUT2D eigenvalue weighted by molar-refractivity contribution is 5.79. The summed E-state index contributed by atoms with van der Waals surface area (Å²) in [6.07, 6.45) is 8.47. The average Bonchev–Trinajstić information content (AvgIpc) is 3.47. The SMILES string of the molecule is Cc1ccc2cc(C[NH+](Cc3nnnn3C3CCCCC3)C[C@H]3CCCO3)c(=O)[nH]c2c1. The summed E-state index contributed by atoms with van der Waals surface area (Å²) < 4.78 is 7.98. The summed E-state index contributed by atoms with van der Waals surface area (Å²) in [5.41, 5.74) is 2.81. The first kappa shape index (κ1) is 21.3. The van der Waals surface area contributed by atoms with E-state index in [-0.39, 0.29) is 11.7 Å². The van der Waals surface area contributed by atoms with E-state index in [9.17, 15) is 4.79 Å². The van der Waals surface area contributed by atoms with E-state index in [1.54, 1.807) is 0 Å². The molecule has 1 saturated carbocycles. The topological polar surface area (TPSA) is 90.1 Å². The van der Waals surface area contributed by atoms with Gasteiger partial charge in [0.2, 0.25) is 5.82 Å². The van der Waals surface area contributed by atoms with E-state index >= 15 is 0 Å². The van der Waals surface area contributed by atoms with Gasteiger partial charge in [0.1, 0.15) is 25.7 Å². The Hall–Kier alpha value is -2.58. The number of rotatable bonds is 7. The predicted octanol–water partition coefficient (Wildman–Crippen LogP) is 2.09. The number of quaternary nitrogens is 1. The van der Waals surface area contributed by atoms with Crippen LogP contribution in [0.5, 0.6) is 0 Å². The van der Waals surface area contributed by atoms with Crippen molar-refractivity contribution < 1.29 is 9.64 Å². The van der Waals surface area contributed by atoms with E-state index in [0.29, 0.717) is 19.1 Å². The molecule has 2 fully saturated rings. The molecule has 2 aliphatic rings. The number of tetrazole rings is 1. The van der Waals surface area contributed by atoms with Crippen LogP contribution in [0.15, 0.2) is 29.1 Å². The largest absolute Gasteiger partial charge is 0.372 e. The first-order valence-corrected chi connectivity index (χ1v) is 12.0. The lowest BCUT2D eigenvalue weighted by Gasteiger charge is -2.25. The van der Waals surface area contributed by atoms with E-state index in [1.165, 1.54) is 24.2 Å². The number of hydrogen-bond acceptors (Lipinski definition) is 5. The Morgan fingerprint density at radius 2 is 2.00 bits per heavy atom. The van der Waals surface area contributed by atoms with Gasteiger partial charge in [0.25, 0.3) is 5.56 Å². The minimum absolute atomic E-state index is 0.0141. The molecule has 3 aromatic rings. The molecule has 2 aromatic heterocycles. The van der Waals surface area contributed by atoms with Gasteiger partial charge in [-0.05, 0) is 66.1 Å². The van der Waals surface area contributed by atoms with Gasteiger partial charge in [-0.1, -0.05) is 31.4 Å². The van der Waals surface area contributed by atoms with E-state index in [2.05, 4.69) is 32.6 Å². The third kappa shape index (κ3) is 4.76. The third-order valence-corrected chi connectivity index (χ3v) is 6.95. The van der Waals surface area contributed by atoms with Gasteiger partial charge >= 0.3 is 0 Å². The highest BCUT2D eigenvalue weighted by atomic mass is 16.5. The Morgan fingerprint density at radius 3 is 2.81 bits per heavy atom. The van der Waals surface area contributed by atoms with Gasteiger partial charge in [-0.15, -0.1) is 5.10 Å². The zero-order chi connectivity index (χ0) is 21.9. The van der Waals surface area contributed by atoms with Gasteiger partial charge in [0.15, 0.2) is 0 Å². The minimum Gasteiger partial charge on any atom is -0.372 e. The fourth-order valence-electron chi connectivity index (χ4n) is 5.26. The summed E-state index contributed by atoms with van der Waals surface area (Å²) >= 11 is 0. The first-order valence-electron chi connectivity index (χ1n) is 12.0. The molecular weight excluding hydrogens is 404 g/mol. The van der Waals surface area contributed by atoms with E-state index in [4.69, 9.17) is 4.74 Å². The Morgan fingerprint density at radius 1 is 1.12 bits per heavy atom. The maximum Gasteiger partial charge on any atom is 0.257 e. The summed E-state index contributed by atoms with van der Waals surface area (Å²) in [6.45, 7) is 5.03. The average molecular weight is 438 g/mol. The van der Waals surface area contributed by atoms with Crippen molar-refractivity contribution in [3.05, 3.63) is 51.6 Å². The number of ether oxygens (including phenoxy) is 1. The van der Waals surface area contributed by atoms with Crippen LogP contribution in [-0.2, 0) is 17.8 Å². The molecule has 170 valence electrons. The van der Waals surface area contributed by atoms with Crippen molar-refractivity contribution in [1.29, 1.82) is 0 Å². The minimum atomic E-state index is -0.0141. The zero-order valence-corrected chi connectivity index (χ0v) is 18.8. The van der Waals surface area contributed by atoms with Crippen LogP contribution in [0.4, 0.5) is 0 Å². The number of aromatic amines is 1. The molecule has 2 atom stereocenters. The van der Waals surface area contributed by atoms with E-state index in [0.717, 1.165) is 66.7 Å². The lowest BCUT2D eigenvalue weighted by molar-refractivity contribution is -0.931. The number of benzene rings is 1. The molecule has 0 spiro atoms. The Bertz CT molecular complexity index is 1110. The number of fused-ring (bicyclic) bond motifs is 1. The number of aromatic nitrogens is 5. The zero-order valence-electron chi connectivity index (χ0n) is 18.8. The fraction of sp³-hybridized carbons (Fsp3) is 0.583. The molecule has 1 unspecified atom stereocenters. The van der Waals surface area contributed by atoms with Gasteiger partial charge in [0.05, 0.1) is 11.6 Å². The Kier molecular flexibility index (Phi) is 6.32. The van der Waals surface area contributed by atoms with Crippen LogP contribution in [0.3, 0.4) is 0 Å². The van der Waals surface area contributed by atoms with Crippen LogP contribution < -0.4 is 10.5 Å². The van der Waals surface area contributed by atoms with Crippen molar-refractivity contribution in [3.8, 4) is 0 Å². The van der Waals surface area contributed by atoms with Crippen molar-refractivity contribution >= 4 is 10.9 Å². The van der Waals surface area contributed by atoms with Gasteiger partial charge in [0, 0.05) is 12.1 Å². The second-order valence-corrected chi connectivity index (χ2v) is 9.49. The van der Waals surface area contributed by atoms with Crippen molar-refractivity contribution in [2.45, 2.75) is 77.1 Å². The summed E-state index contributed by atoms with van der Waals surface area (Å²) in [7, 11) is 0. The highest BCUT2D eigenvalue weighted by Crippen LogP contribution is 2.27. The van der Waals surface area contributed by atoms with E-state index < -0.39 is 0 Å². The van der Waals surface area contributed by atoms with Crippen molar-refractivity contribution in [2.24, 2.45) is 0 Å². The Balaban J connectivity index is 1.40. The van der Waals surface area contributed by atoms with Crippen molar-refractivity contribution in [2.75, 3.05) is 13.2 Å². The first-order chi connectivity index (χ1) is 15.7. The van der Waals surface area contributed by atoms with Gasteiger partial charge in [-0.2, -0.15) is 0 Å². The molecule has 1 aromatic carbocycles.